The molecule has 2 heteroatoms. The maximum absolute atomic E-state index is 9.22. The van der Waals surface area contributed by atoms with Crippen molar-refractivity contribution in [1.82, 2.24) is 5.32 Å². The second kappa shape index (κ2) is 1.96. The number of fused-ring (bicyclic) bond motifs is 1. The number of hydrogen-bond donors (Lipinski definition) is 2. The van der Waals surface area contributed by atoms with E-state index in [4.69, 9.17) is 0 Å². The SMILES string of the molecule is OC1CC2CNCCC12. The maximum atomic E-state index is 9.22. The van der Waals surface area contributed by atoms with E-state index in [-0.39, 0.29) is 6.10 Å². The van der Waals surface area contributed by atoms with Gasteiger partial charge in [0.05, 0.1) is 6.10 Å². The average molecular weight is 127 g/mol. The lowest BCUT2D eigenvalue weighted by Crippen LogP contribution is -2.51. The van der Waals surface area contributed by atoms with E-state index in [2.05, 4.69) is 5.32 Å². The summed E-state index contributed by atoms with van der Waals surface area (Å²) < 4.78 is 0. The number of aliphatic hydroxyl groups excluding tert-OH is 1. The fourth-order valence-corrected chi connectivity index (χ4v) is 2.00. The summed E-state index contributed by atoms with van der Waals surface area (Å²) in [6.07, 6.45) is 2.26. The fraction of sp³-hybridized carbons (Fsp3) is 1.00. The van der Waals surface area contributed by atoms with Gasteiger partial charge in [-0.05, 0) is 37.8 Å². The second-order valence-corrected chi connectivity index (χ2v) is 3.22. The Morgan fingerprint density at radius 1 is 1.44 bits per heavy atom. The molecule has 0 aromatic rings. The molecule has 1 aliphatic heterocycles. The van der Waals surface area contributed by atoms with Gasteiger partial charge in [0.1, 0.15) is 0 Å². The minimum atomic E-state index is 0.0390. The van der Waals surface area contributed by atoms with Gasteiger partial charge in [0.25, 0.3) is 0 Å². The lowest BCUT2D eigenvalue weighted by atomic mass is 9.68. The Balaban J connectivity index is 1.94. The summed E-state index contributed by atoms with van der Waals surface area (Å²) in [5, 5.41) is 12.5. The number of hydrogen-bond acceptors (Lipinski definition) is 2. The predicted molar refractivity (Wildman–Crippen MR) is 35.1 cm³/mol. The molecule has 52 valence electrons. The van der Waals surface area contributed by atoms with Gasteiger partial charge in [-0.15, -0.1) is 0 Å². The van der Waals surface area contributed by atoms with E-state index in [9.17, 15) is 5.11 Å². The third-order valence-corrected chi connectivity index (χ3v) is 2.70. The van der Waals surface area contributed by atoms with Gasteiger partial charge in [-0.25, -0.2) is 0 Å². The summed E-state index contributed by atoms with van der Waals surface area (Å²) >= 11 is 0. The average Bonchev–Trinajstić information content (AvgIpc) is 1.86. The van der Waals surface area contributed by atoms with E-state index in [1.165, 1.54) is 6.42 Å². The molecule has 1 saturated carbocycles. The van der Waals surface area contributed by atoms with Gasteiger partial charge in [0, 0.05) is 0 Å². The molecule has 1 saturated heterocycles. The van der Waals surface area contributed by atoms with E-state index in [1.807, 2.05) is 0 Å². The quantitative estimate of drug-likeness (QED) is 0.479. The maximum Gasteiger partial charge on any atom is 0.0575 e. The highest BCUT2D eigenvalue weighted by Gasteiger charge is 2.40. The number of nitrogens with one attached hydrogen (secondary N) is 1. The van der Waals surface area contributed by atoms with Crippen LogP contribution in [0.3, 0.4) is 0 Å². The third-order valence-electron chi connectivity index (χ3n) is 2.70. The van der Waals surface area contributed by atoms with Gasteiger partial charge in [0.2, 0.25) is 0 Å². The van der Waals surface area contributed by atoms with E-state index in [0.29, 0.717) is 5.92 Å². The molecule has 0 aromatic heterocycles. The first-order valence-corrected chi connectivity index (χ1v) is 3.76. The van der Waals surface area contributed by atoms with Gasteiger partial charge in [-0.3, -0.25) is 0 Å². The molecule has 0 radical (unpaired) electrons. The first-order chi connectivity index (χ1) is 4.38. The van der Waals surface area contributed by atoms with Crippen molar-refractivity contribution in [3.63, 3.8) is 0 Å². The Labute approximate surface area is 55.3 Å². The molecule has 0 spiro atoms. The second-order valence-electron chi connectivity index (χ2n) is 3.22. The molecule has 0 aromatic carbocycles. The zero-order valence-corrected chi connectivity index (χ0v) is 5.51. The molecule has 2 aliphatic rings. The molecule has 0 bridgehead atoms. The monoisotopic (exact) mass is 127 g/mol. The summed E-state index contributed by atoms with van der Waals surface area (Å²) in [4.78, 5) is 0. The molecule has 1 aliphatic carbocycles. The molecule has 0 amide bonds. The van der Waals surface area contributed by atoms with Gasteiger partial charge in [-0.1, -0.05) is 0 Å². The molecule has 2 nitrogen and oxygen atoms in total. The molecular formula is C7H13NO. The zero-order valence-electron chi connectivity index (χ0n) is 5.51. The summed E-state index contributed by atoms with van der Waals surface area (Å²) in [5.74, 6) is 1.44. The topological polar surface area (TPSA) is 32.3 Å². The Kier molecular flexibility index (Phi) is 1.24. The zero-order chi connectivity index (χ0) is 6.27. The number of piperidine rings is 1. The van der Waals surface area contributed by atoms with E-state index >= 15 is 0 Å². The lowest BCUT2D eigenvalue weighted by Gasteiger charge is -2.45. The van der Waals surface area contributed by atoms with E-state index < -0.39 is 0 Å². The molecule has 2 N–H and O–H groups in total. The summed E-state index contributed by atoms with van der Waals surface area (Å²) in [6.45, 7) is 2.25. The highest BCUT2D eigenvalue weighted by molar-refractivity contribution is 4.93. The van der Waals surface area contributed by atoms with Crippen LogP contribution in [0.1, 0.15) is 12.8 Å². The van der Waals surface area contributed by atoms with Crippen molar-refractivity contribution >= 4 is 0 Å². The van der Waals surface area contributed by atoms with Crippen molar-refractivity contribution in [3.8, 4) is 0 Å². The van der Waals surface area contributed by atoms with Crippen LogP contribution in [0.15, 0.2) is 0 Å². The molecule has 3 unspecified atom stereocenters. The van der Waals surface area contributed by atoms with Crippen LogP contribution >= 0.6 is 0 Å². The minimum absolute atomic E-state index is 0.0390. The summed E-state index contributed by atoms with van der Waals surface area (Å²) in [7, 11) is 0. The van der Waals surface area contributed by atoms with E-state index in [1.54, 1.807) is 0 Å². The Hall–Kier alpha value is -0.0800. The highest BCUT2D eigenvalue weighted by Crippen LogP contribution is 2.38. The molecule has 2 rings (SSSR count). The molecule has 9 heavy (non-hydrogen) atoms. The summed E-state index contributed by atoms with van der Waals surface area (Å²) in [6, 6.07) is 0. The van der Waals surface area contributed by atoms with Crippen LogP contribution in [0.25, 0.3) is 0 Å². The molecule has 1 heterocycles. The van der Waals surface area contributed by atoms with Crippen LogP contribution in [-0.2, 0) is 0 Å². The smallest absolute Gasteiger partial charge is 0.0575 e. The predicted octanol–water partition coefficient (Wildman–Crippen LogP) is -0.0233. The Bertz CT molecular complexity index is 113. The third kappa shape index (κ3) is 0.775. The minimum Gasteiger partial charge on any atom is -0.393 e. The Morgan fingerprint density at radius 3 is 2.89 bits per heavy atom. The number of aliphatic hydroxyl groups is 1. The van der Waals surface area contributed by atoms with Crippen LogP contribution in [0, 0.1) is 11.8 Å². The van der Waals surface area contributed by atoms with Gasteiger partial charge >= 0.3 is 0 Å². The normalized spacial score (nSPS) is 49.7. The van der Waals surface area contributed by atoms with Crippen molar-refractivity contribution < 1.29 is 5.11 Å². The van der Waals surface area contributed by atoms with Crippen LogP contribution in [0.4, 0.5) is 0 Å². The van der Waals surface area contributed by atoms with Crippen molar-refractivity contribution in [2.45, 2.75) is 18.9 Å². The van der Waals surface area contributed by atoms with E-state index in [0.717, 1.165) is 25.4 Å². The van der Waals surface area contributed by atoms with Crippen LogP contribution in [0.5, 0.6) is 0 Å². The van der Waals surface area contributed by atoms with Crippen molar-refractivity contribution in [1.29, 1.82) is 0 Å². The molecule has 2 fully saturated rings. The van der Waals surface area contributed by atoms with Crippen molar-refractivity contribution in [2.75, 3.05) is 13.1 Å². The van der Waals surface area contributed by atoms with Crippen LogP contribution in [-0.4, -0.2) is 24.3 Å². The molecule has 3 atom stereocenters. The van der Waals surface area contributed by atoms with Gasteiger partial charge in [0.15, 0.2) is 0 Å². The number of rotatable bonds is 0. The first kappa shape index (κ1) is 5.69. The van der Waals surface area contributed by atoms with Crippen molar-refractivity contribution in [2.24, 2.45) is 11.8 Å². The first-order valence-electron chi connectivity index (χ1n) is 3.76. The summed E-state index contributed by atoms with van der Waals surface area (Å²) in [5.41, 5.74) is 0. The Morgan fingerprint density at radius 2 is 2.33 bits per heavy atom. The van der Waals surface area contributed by atoms with Crippen LogP contribution in [0.2, 0.25) is 0 Å². The van der Waals surface area contributed by atoms with Crippen molar-refractivity contribution in [3.05, 3.63) is 0 Å². The van der Waals surface area contributed by atoms with Gasteiger partial charge < -0.3 is 10.4 Å². The lowest BCUT2D eigenvalue weighted by molar-refractivity contribution is -0.0484. The van der Waals surface area contributed by atoms with Gasteiger partial charge in [-0.2, -0.15) is 0 Å². The van der Waals surface area contributed by atoms with Crippen LogP contribution < -0.4 is 5.32 Å². The highest BCUT2D eigenvalue weighted by atomic mass is 16.3. The largest absolute Gasteiger partial charge is 0.393 e. The fourth-order valence-electron chi connectivity index (χ4n) is 2.00. The molecular weight excluding hydrogens is 114 g/mol. The standard InChI is InChI=1S/C7H13NO/c9-7-3-5-4-8-2-1-6(5)7/h5-9H,1-4H2.